The minimum atomic E-state index is 0. The summed E-state index contributed by atoms with van der Waals surface area (Å²) in [7, 11) is 0. The van der Waals surface area contributed by atoms with Crippen LogP contribution in [0, 0.1) is 12.1 Å². The summed E-state index contributed by atoms with van der Waals surface area (Å²) in [6, 6.07) is 28.6. The van der Waals surface area contributed by atoms with Crippen molar-refractivity contribution >= 4 is 27.5 Å². The normalized spacial score (nSPS) is 12.9. The Balaban J connectivity index is 0.000000187. The number of allylic oxidation sites excluding steroid dienone is 4. The van der Waals surface area contributed by atoms with Gasteiger partial charge in [-0.15, -0.1) is 41.5 Å². The van der Waals surface area contributed by atoms with Crippen molar-refractivity contribution in [2.45, 2.75) is 91.9 Å². The molecular formula is C48H50IrN4O-2. The maximum atomic E-state index is 6.44. The van der Waals surface area contributed by atoms with Crippen molar-refractivity contribution in [2.75, 3.05) is 0 Å². The first-order valence-electron chi connectivity index (χ1n) is 19.1. The molecule has 0 saturated heterocycles. The molecule has 0 bridgehead atoms. The number of furan rings is 1. The zero-order chi connectivity index (χ0) is 37.2. The number of para-hydroxylation sites is 2. The van der Waals surface area contributed by atoms with Crippen molar-refractivity contribution in [2.24, 2.45) is 0 Å². The van der Waals surface area contributed by atoms with Gasteiger partial charge in [0.15, 0.2) is 0 Å². The Kier molecular flexibility index (Phi) is 12.1. The standard InChI is InChI=1S/C27H27N2O.C21H23N2.Ir/c1-17(2)21-16-22-20-12-8-9-13-23(20)30-26(22)24(18(3)4)25(21)29-15-14-28-27(29)19-10-6-5-7-11-19;1-15(2)18-11-8-12-19(16(3)4)20(18)23-14-13-22-21(23)17-9-6-5-7-10-17;/h5-6,8-9,12-18H,7,11H2,1-4H3;5-9,11-16H,1-4H3;/q2*-1;. The van der Waals surface area contributed by atoms with E-state index >= 15 is 0 Å². The number of nitrogens with zero attached hydrogens (tertiary/aromatic N) is 4. The summed E-state index contributed by atoms with van der Waals surface area (Å²) in [5.41, 5.74) is 11.9. The first-order chi connectivity index (χ1) is 25.7. The molecule has 0 aliphatic heterocycles. The number of hydrogen-bond donors (Lipinski definition) is 0. The second-order valence-corrected chi connectivity index (χ2v) is 15.2. The van der Waals surface area contributed by atoms with Crippen LogP contribution in [0.4, 0.5) is 0 Å². The smallest absolute Gasteiger partial charge is 0.140 e. The Hall–Kier alpha value is -4.77. The van der Waals surface area contributed by atoms with Crippen LogP contribution in [0.2, 0.25) is 0 Å². The predicted octanol–water partition coefficient (Wildman–Crippen LogP) is 13.1. The Morgan fingerprint density at radius 1 is 0.667 bits per heavy atom. The van der Waals surface area contributed by atoms with E-state index in [9.17, 15) is 0 Å². The quantitative estimate of drug-likeness (QED) is 0.143. The average molecular weight is 891 g/mol. The van der Waals surface area contributed by atoms with Crippen LogP contribution in [0.25, 0.3) is 50.3 Å². The summed E-state index contributed by atoms with van der Waals surface area (Å²) in [5.74, 6) is 3.52. The molecule has 1 radical (unpaired) electrons. The van der Waals surface area contributed by atoms with Gasteiger partial charge in [-0.25, -0.2) is 0 Å². The van der Waals surface area contributed by atoms with Crippen LogP contribution in [0.1, 0.15) is 120 Å². The van der Waals surface area contributed by atoms with Crippen molar-refractivity contribution in [3.63, 3.8) is 0 Å². The van der Waals surface area contributed by atoms with Gasteiger partial charge in [-0.2, -0.15) is 18.2 Å². The molecule has 0 amide bonds. The maximum absolute atomic E-state index is 6.44. The molecule has 5 nitrogen and oxygen atoms in total. The molecule has 6 heteroatoms. The van der Waals surface area contributed by atoms with Crippen molar-refractivity contribution < 1.29 is 24.5 Å². The first kappa shape index (κ1) is 38.9. The van der Waals surface area contributed by atoms with E-state index in [0.717, 1.165) is 46.8 Å². The van der Waals surface area contributed by atoms with Crippen molar-refractivity contribution in [1.82, 2.24) is 19.1 Å². The third kappa shape index (κ3) is 7.47. The van der Waals surface area contributed by atoms with E-state index in [1.807, 2.05) is 42.7 Å². The van der Waals surface area contributed by atoms with Gasteiger partial charge in [-0.05, 0) is 52.5 Å². The summed E-state index contributed by atoms with van der Waals surface area (Å²) in [4.78, 5) is 9.33. The Bertz CT molecular complexity index is 2390. The fraction of sp³-hybridized carbons (Fsp3) is 0.292. The number of hydrogen-bond acceptors (Lipinski definition) is 3. The topological polar surface area (TPSA) is 48.8 Å². The fourth-order valence-electron chi connectivity index (χ4n) is 7.57. The van der Waals surface area contributed by atoms with Crippen LogP contribution < -0.4 is 0 Å². The number of imidazole rings is 2. The van der Waals surface area contributed by atoms with Crippen LogP contribution in [-0.2, 0) is 20.1 Å². The molecule has 3 heterocycles. The molecule has 0 saturated carbocycles. The van der Waals surface area contributed by atoms with Crippen molar-refractivity contribution in [1.29, 1.82) is 0 Å². The molecule has 0 unspecified atom stereocenters. The Labute approximate surface area is 334 Å². The van der Waals surface area contributed by atoms with E-state index in [2.05, 4.69) is 149 Å². The molecule has 7 aromatic rings. The van der Waals surface area contributed by atoms with Crippen LogP contribution in [0.3, 0.4) is 0 Å². The van der Waals surface area contributed by atoms with Gasteiger partial charge < -0.3 is 18.5 Å². The van der Waals surface area contributed by atoms with Crippen LogP contribution in [0.15, 0.2) is 114 Å². The van der Waals surface area contributed by atoms with E-state index in [4.69, 9.17) is 9.40 Å². The molecule has 1 aliphatic carbocycles. The minimum Gasteiger partial charge on any atom is -0.456 e. The molecule has 4 aromatic carbocycles. The maximum Gasteiger partial charge on any atom is 0.140 e. The van der Waals surface area contributed by atoms with Gasteiger partial charge in [0.25, 0.3) is 0 Å². The fourth-order valence-corrected chi connectivity index (χ4v) is 7.57. The second kappa shape index (κ2) is 16.7. The second-order valence-electron chi connectivity index (χ2n) is 15.2. The van der Waals surface area contributed by atoms with Crippen LogP contribution in [-0.4, -0.2) is 19.1 Å². The van der Waals surface area contributed by atoms with Crippen molar-refractivity contribution in [3.05, 3.63) is 150 Å². The Morgan fingerprint density at radius 2 is 1.31 bits per heavy atom. The molecule has 1 aliphatic rings. The van der Waals surface area contributed by atoms with E-state index in [1.165, 1.54) is 44.4 Å². The van der Waals surface area contributed by atoms with Gasteiger partial charge in [0.2, 0.25) is 0 Å². The van der Waals surface area contributed by atoms with Gasteiger partial charge >= 0.3 is 0 Å². The number of rotatable bonds is 8. The van der Waals surface area contributed by atoms with Crippen LogP contribution in [0.5, 0.6) is 0 Å². The largest absolute Gasteiger partial charge is 0.456 e. The monoisotopic (exact) mass is 891 g/mol. The van der Waals surface area contributed by atoms with E-state index in [0.29, 0.717) is 23.7 Å². The number of fused-ring (bicyclic) bond motifs is 3. The summed E-state index contributed by atoms with van der Waals surface area (Å²) in [6.07, 6.45) is 17.5. The molecule has 279 valence electrons. The molecule has 0 spiro atoms. The van der Waals surface area contributed by atoms with E-state index in [1.54, 1.807) is 0 Å². The van der Waals surface area contributed by atoms with Gasteiger partial charge in [0.1, 0.15) is 11.2 Å². The number of aromatic nitrogens is 4. The minimum absolute atomic E-state index is 0. The summed E-state index contributed by atoms with van der Waals surface area (Å²) >= 11 is 0. The molecule has 0 fully saturated rings. The molecule has 54 heavy (non-hydrogen) atoms. The van der Waals surface area contributed by atoms with E-state index < -0.39 is 0 Å². The molecule has 0 atom stereocenters. The number of benzene rings is 4. The Morgan fingerprint density at radius 3 is 1.93 bits per heavy atom. The SMILES string of the molecule is CC(C)c1cc2c(oc3ccccc32)c(C(C)C)c1-n1ccnc1C1=[C-]C=CCC1.CC(C)c1cccc(C(C)C)c1-n1ccnc1-c1[c-]cccc1.[Ir]. The van der Waals surface area contributed by atoms with Crippen molar-refractivity contribution in [3.8, 4) is 22.8 Å². The molecule has 0 N–H and O–H groups in total. The zero-order valence-corrected chi connectivity index (χ0v) is 35.0. The van der Waals surface area contributed by atoms with E-state index in [-0.39, 0.29) is 20.1 Å². The molecule has 3 aromatic heterocycles. The average Bonchev–Trinajstić information content (AvgIpc) is 3.93. The van der Waals surface area contributed by atoms with Gasteiger partial charge in [0.05, 0.1) is 5.82 Å². The summed E-state index contributed by atoms with van der Waals surface area (Å²) < 4.78 is 10.9. The third-order valence-corrected chi connectivity index (χ3v) is 10.2. The molecule has 8 rings (SSSR count). The predicted molar refractivity (Wildman–Crippen MR) is 220 cm³/mol. The van der Waals surface area contributed by atoms with Gasteiger partial charge in [0, 0.05) is 78.4 Å². The summed E-state index contributed by atoms with van der Waals surface area (Å²) in [5, 5.41) is 2.39. The van der Waals surface area contributed by atoms with Gasteiger partial charge in [-0.3, -0.25) is 4.98 Å². The third-order valence-electron chi connectivity index (χ3n) is 10.2. The first-order valence-corrected chi connectivity index (χ1v) is 19.1. The molecular weight excluding hydrogens is 841 g/mol. The summed E-state index contributed by atoms with van der Waals surface area (Å²) in [6.45, 7) is 18.0. The van der Waals surface area contributed by atoms with Crippen LogP contribution >= 0.6 is 0 Å². The zero-order valence-electron chi connectivity index (χ0n) is 32.6. The van der Waals surface area contributed by atoms with Gasteiger partial charge in [-0.1, -0.05) is 105 Å².